The van der Waals surface area contributed by atoms with Gasteiger partial charge in [-0.25, -0.2) is 0 Å². The molecule has 1 saturated carbocycles. The molecule has 0 spiro atoms. The van der Waals surface area contributed by atoms with Crippen LogP contribution in [-0.2, 0) is 9.59 Å². The molecule has 1 saturated heterocycles. The van der Waals surface area contributed by atoms with Crippen molar-refractivity contribution in [2.24, 2.45) is 16.3 Å². The Hall–Kier alpha value is -1.97. The molecule has 1 aromatic rings. The zero-order valence-electron chi connectivity index (χ0n) is 14.5. The van der Waals surface area contributed by atoms with Crippen LogP contribution in [0.1, 0.15) is 57.9 Å². The number of piperidine rings is 1. The fourth-order valence-electron chi connectivity index (χ4n) is 3.90. The van der Waals surface area contributed by atoms with Crippen molar-refractivity contribution in [3.63, 3.8) is 0 Å². The summed E-state index contributed by atoms with van der Waals surface area (Å²) in [7, 11) is 0. The summed E-state index contributed by atoms with van der Waals surface area (Å²) >= 11 is 0. The second-order valence-electron chi connectivity index (χ2n) is 7.39. The van der Waals surface area contributed by atoms with Crippen LogP contribution >= 0.6 is 0 Å². The summed E-state index contributed by atoms with van der Waals surface area (Å²) in [6.45, 7) is 3.81. The van der Waals surface area contributed by atoms with Gasteiger partial charge in [-0.1, -0.05) is 56.5 Å². The minimum atomic E-state index is -0.758. The van der Waals surface area contributed by atoms with Gasteiger partial charge in [-0.2, -0.15) is 0 Å². The molecule has 3 rings (SSSR count). The second-order valence-corrected chi connectivity index (χ2v) is 7.39. The van der Waals surface area contributed by atoms with Gasteiger partial charge in [0.1, 0.15) is 0 Å². The normalized spacial score (nSPS) is 29.4. The van der Waals surface area contributed by atoms with E-state index in [0.29, 0.717) is 6.42 Å². The number of carbonyl (C=O) groups excluding carboxylic acids is 2. The van der Waals surface area contributed by atoms with E-state index in [1.807, 2.05) is 44.2 Å². The molecule has 2 atom stereocenters. The molecule has 1 aliphatic carbocycles. The van der Waals surface area contributed by atoms with E-state index in [-0.39, 0.29) is 23.8 Å². The van der Waals surface area contributed by atoms with Crippen LogP contribution in [0.5, 0.6) is 0 Å². The Kier molecular flexibility index (Phi) is 4.83. The summed E-state index contributed by atoms with van der Waals surface area (Å²) in [4.78, 5) is 29.6. The number of amides is 2. The number of rotatable bonds is 3. The van der Waals surface area contributed by atoms with Gasteiger partial charge in [0.25, 0.3) is 0 Å². The van der Waals surface area contributed by atoms with Crippen LogP contribution in [0, 0.1) is 11.3 Å². The van der Waals surface area contributed by atoms with Gasteiger partial charge < -0.3 is 0 Å². The predicted octanol–water partition coefficient (Wildman–Crippen LogP) is 3.50. The third-order valence-corrected chi connectivity index (χ3v) is 5.36. The molecule has 0 aromatic heterocycles. The Morgan fingerprint density at radius 1 is 1.12 bits per heavy atom. The summed E-state index contributed by atoms with van der Waals surface area (Å²) in [5, 5.41) is 2.55. The molecule has 1 aromatic carbocycles. The minimum absolute atomic E-state index is 0.178. The molecule has 2 amide bonds. The second kappa shape index (κ2) is 6.88. The summed E-state index contributed by atoms with van der Waals surface area (Å²) in [5.74, 6) is -0.584. The molecule has 4 heteroatoms. The zero-order chi connectivity index (χ0) is 17.2. The fourth-order valence-corrected chi connectivity index (χ4v) is 3.90. The van der Waals surface area contributed by atoms with Gasteiger partial charge in [-0.05, 0) is 31.7 Å². The van der Waals surface area contributed by atoms with Gasteiger partial charge in [0.15, 0.2) is 0 Å². The summed E-state index contributed by atoms with van der Waals surface area (Å²) in [5.41, 5.74) is 1.07. The van der Waals surface area contributed by atoms with Crippen molar-refractivity contribution in [1.82, 2.24) is 5.32 Å². The van der Waals surface area contributed by atoms with Crippen LogP contribution in [0.15, 0.2) is 35.3 Å². The van der Waals surface area contributed by atoms with E-state index >= 15 is 0 Å². The summed E-state index contributed by atoms with van der Waals surface area (Å²) < 4.78 is 0. The van der Waals surface area contributed by atoms with Crippen molar-refractivity contribution in [2.45, 2.75) is 58.4 Å². The molecule has 4 nitrogen and oxygen atoms in total. The first-order valence-electron chi connectivity index (χ1n) is 9.00. The molecule has 2 unspecified atom stereocenters. The van der Waals surface area contributed by atoms with Crippen molar-refractivity contribution in [1.29, 1.82) is 0 Å². The topological polar surface area (TPSA) is 58.5 Å². The molecule has 128 valence electrons. The van der Waals surface area contributed by atoms with Gasteiger partial charge >= 0.3 is 0 Å². The molecular formula is C20H26N2O2. The van der Waals surface area contributed by atoms with Gasteiger partial charge in [0.05, 0.1) is 17.2 Å². The Morgan fingerprint density at radius 2 is 1.79 bits per heavy atom. The smallest absolute Gasteiger partial charge is 0.238 e. The first kappa shape index (κ1) is 16.9. The van der Waals surface area contributed by atoms with Crippen LogP contribution in [0.2, 0.25) is 0 Å². The van der Waals surface area contributed by atoms with Crippen LogP contribution in [0.3, 0.4) is 0 Å². The molecule has 1 heterocycles. The monoisotopic (exact) mass is 326 g/mol. The van der Waals surface area contributed by atoms with Gasteiger partial charge in [0.2, 0.25) is 11.8 Å². The average molecular weight is 326 g/mol. The van der Waals surface area contributed by atoms with E-state index in [9.17, 15) is 9.59 Å². The van der Waals surface area contributed by atoms with E-state index in [2.05, 4.69) is 5.32 Å². The zero-order valence-corrected chi connectivity index (χ0v) is 14.5. The highest BCUT2D eigenvalue weighted by Gasteiger charge is 2.46. The molecular weight excluding hydrogens is 300 g/mol. The van der Waals surface area contributed by atoms with Gasteiger partial charge in [-0.15, -0.1) is 0 Å². The first-order chi connectivity index (χ1) is 11.5. The standard InChI is InChI=1S/C20H26N2O2/c1-14-13-20(2,19(24)22-18(14)23)17(15-9-5-3-6-10-15)21-16-11-7-4-8-12-16/h3,5-6,9-10,14,16H,4,7-8,11-13H2,1-2H3,(H,22,23,24). The van der Waals surface area contributed by atoms with Crippen LogP contribution in [0.25, 0.3) is 0 Å². The number of imide groups is 1. The summed E-state index contributed by atoms with van der Waals surface area (Å²) in [6, 6.07) is 10.2. The highest BCUT2D eigenvalue weighted by molar-refractivity contribution is 6.20. The van der Waals surface area contributed by atoms with E-state index in [4.69, 9.17) is 4.99 Å². The Morgan fingerprint density at radius 3 is 2.46 bits per heavy atom. The van der Waals surface area contributed by atoms with Crippen molar-refractivity contribution in [2.75, 3.05) is 0 Å². The third kappa shape index (κ3) is 3.28. The molecule has 2 fully saturated rings. The summed E-state index contributed by atoms with van der Waals surface area (Å²) in [6.07, 6.45) is 6.36. The maximum Gasteiger partial charge on any atom is 0.238 e. The number of benzene rings is 1. The molecule has 1 aliphatic heterocycles. The number of nitrogens with zero attached hydrogens (tertiary/aromatic N) is 1. The van der Waals surface area contributed by atoms with Gasteiger partial charge in [0, 0.05) is 5.92 Å². The Bertz CT molecular complexity index is 647. The molecule has 0 bridgehead atoms. The Labute approximate surface area is 143 Å². The largest absolute Gasteiger partial charge is 0.295 e. The van der Waals surface area contributed by atoms with E-state index in [1.165, 1.54) is 19.3 Å². The lowest BCUT2D eigenvalue weighted by Crippen LogP contribution is -2.54. The minimum Gasteiger partial charge on any atom is -0.295 e. The first-order valence-corrected chi connectivity index (χ1v) is 9.00. The lowest BCUT2D eigenvalue weighted by Gasteiger charge is -2.37. The third-order valence-electron chi connectivity index (χ3n) is 5.36. The highest BCUT2D eigenvalue weighted by atomic mass is 16.2. The SMILES string of the molecule is CC1CC(C)(C(=NC2CCCCC2)c2ccccc2)C(=O)NC1=O. The number of hydrogen-bond donors (Lipinski definition) is 1. The predicted molar refractivity (Wildman–Crippen MR) is 94.9 cm³/mol. The molecule has 2 aliphatic rings. The van der Waals surface area contributed by atoms with E-state index in [1.54, 1.807) is 0 Å². The molecule has 0 radical (unpaired) electrons. The molecule has 1 N–H and O–H groups in total. The van der Waals surface area contributed by atoms with Crippen molar-refractivity contribution >= 4 is 17.5 Å². The number of nitrogens with one attached hydrogen (secondary N) is 1. The van der Waals surface area contributed by atoms with Crippen molar-refractivity contribution < 1.29 is 9.59 Å². The van der Waals surface area contributed by atoms with Crippen molar-refractivity contribution in [3.05, 3.63) is 35.9 Å². The lowest BCUT2D eigenvalue weighted by molar-refractivity contribution is -0.141. The Balaban J connectivity index is 2.02. The lowest BCUT2D eigenvalue weighted by atomic mass is 9.71. The number of aliphatic imine (C=N–C) groups is 1. The molecule has 24 heavy (non-hydrogen) atoms. The maximum absolute atomic E-state index is 12.7. The van der Waals surface area contributed by atoms with Gasteiger partial charge in [-0.3, -0.25) is 19.9 Å². The van der Waals surface area contributed by atoms with Crippen molar-refractivity contribution in [3.8, 4) is 0 Å². The maximum atomic E-state index is 12.7. The van der Waals surface area contributed by atoms with E-state index in [0.717, 1.165) is 24.1 Å². The van der Waals surface area contributed by atoms with Crippen LogP contribution in [0.4, 0.5) is 0 Å². The van der Waals surface area contributed by atoms with Crippen LogP contribution in [-0.4, -0.2) is 23.6 Å². The number of carbonyl (C=O) groups is 2. The average Bonchev–Trinajstić information content (AvgIpc) is 2.60. The highest BCUT2D eigenvalue weighted by Crippen LogP contribution is 2.36. The fraction of sp³-hybridized carbons (Fsp3) is 0.550. The number of hydrogen-bond acceptors (Lipinski definition) is 3. The van der Waals surface area contributed by atoms with Crippen LogP contribution < -0.4 is 5.32 Å². The van der Waals surface area contributed by atoms with E-state index < -0.39 is 5.41 Å². The quantitative estimate of drug-likeness (QED) is 0.683.